The molecule has 0 fully saturated rings. The number of carbonyl (C=O) groups excluding carboxylic acids is 2. The molecule has 3 aromatic rings. The molecule has 1 aromatic heterocycles. The highest BCUT2D eigenvalue weighted by Gasteiger charge is 2.19. The van der Waals surface area contributed by atoms with Crippen LogP contribution in [0.2, 0.25) is 0 Å². The summed E-state index contributed by atoms with van der Waals surface area (Å²) < 4.78 is 23.4. The van der Waals surface area contributed by atoms with E-state index >= 15 is 0 Å². The Bertz CT molecular complexity index is 1550. The van der Waals surface area contributed by atoms with Crippen molar-refractivity contribution in [2.45, 2.75) is 31.2 Å². The van der Waals surface area contributed by atoms with Gasteiger partial charge in [0, 0.05) is 36.4 Å². The molecule has 0 unspecified atom stereocenters. The van der Waals surface area contributed by atoms with Crippen molar-refractivity contribution in [2.24, 2.45) is 10.7 Å². The number of amides is 4. The third-order valence-corrected chi connectivity index (χ3v) is 7.46. The number of anilines is 2. The first-order valence-corrected chi connectivity index (χ1v) is 14.8. The maximum atomic E-state index is 13.0. The van der Waals surface area contributed by atoms with E-state index in [1.165, 1.54) is 47.4 Å². The number of primary amides is 1. The number of aliphatic imine (C=N–C) groups is 1. The SMILES string of the molecule is CC(=O)Nc1nc(CCc2ccc(NC=NC(=O)O)cc2)c(CN(C)C(=O)c2ccc(S(C)(=O)=O)cc2)s1.NC(=O)O. The number of nitrogens with zero attached hydrogens (tertiary/aromatic N) is 3. The smallest absolute Gasteiger partial charge is 0.432 e. The maximum Gasteiger partial charge on any atom is 0.432 e. The summed E-state index contributed by atoms with van der Waals surface area (Å²) in [5.41, 5.74) is 6.84. The van der Waals surface area contributed by atoms with Gasteiger partial charge in [0.2, 0.25) is 5.91 Å². The molecule has 0 bridgehead atoms. The minimum atomic E-state index is -3.36. The minimum absolute atomic E-state index is 0.138. The van der Waals surface area contributed by atoms with Gasteiger partial charge in [-0.25, -0.2) is 23.0 Å². The Morgan fingerprint density at radius 3 is 2.17 bits per heavy atom. The third kappa shape index (κ3) is 11.3. The molecule has 0 saturated carbocycles. The number of nitrogens with one attached hydrogen (secondary N) is 2. The Labute approximate surface area is 245 Å². The summed E-state index contributed by atoms with van der Waals surface area (Å²) in [5.74, 6) is -0.526. The van der Waals surface area contributed by atoms with Crippen molar-refractivity contribution in [1.29, 1.82) is 0 Å². The number of nitrogens with two attached hydrogens (primary N) is 1. The predicted octanol–water partition coefficient (Wildman–Crippen LogP) is 3.30. The molecule has 0 aliphatic rings. The number of hydrogen-bond donors (Lipinski definition) is 5. The summed E-state index contributed by atoms with van der Waals surface area (Å²) >= 11 is 1.29. The van der Waals surface area contributed by atoms with Crippen molar-refractivity contribution < 1.29 is 37.8 Å². The summed E-state index contributed by atoms with van der Waals surface area (Å²) in [6.07, 6.45) is 0.786. The van der Waals surface area contributed by atoms with E-state index in [4.69, 9.17) is 15.0 Å². The van der Waals surface area contributed by atoms with E-state index < -0.39 is 22.0 Å². The molecule has 42 heavy (non-hydrogen) atoms. The van der Waals surface area contributed by atoms with Crippen molar-refractivity contribution in [3.8, 4) is 0 Å². The molecule has 16 heteroatoms. The van der Waals surface area contributed by atoms with Crippen molar-refractivity contribution in [3.05, 3.63) is 70.2 Å². The summed E-state index contributed by atoms with van der Waals surface area (Å²) in [6, 6.07) is 13.2. The number of thiazole rings is 1. The minimum Gasteiger partial charge on any atom is -0.465 e. The number of sulfone groups is 1. The number of aryl methyl sites for hydroxylation is 2. The Kier molecular flexibility index (Phi) is 12.1. The quantitative estimate of drug-likeness (QED) is 0.165. The van der Waals surface area contributed by atoms with E-state index in [-0.39, 0.29) is 23.3 Å². The monoisotopic (exact) mass is 618 g/mol. The van der Waals surface area contributed by atoms with Gasteiger partial charge in [-0.3, -0.25) is 9.59 Å². The van der Waals surface area contributed by atoms with E-state index in [0.717, 1.165) is 28.7 Å². The van der Waals surface area contributed by atoms with E-state index in [2.05, 4.69) is 26.3 Å². The molecule has 3 rings (SSSR count). The highest BCUT2D eigenvalue weighted by molar-refractivity contribution is 7.90. The van der Waals surface area contributed by atoms with Crippen LogP contribution in [0.15, 0.2) is 58.4 Å². The van der Waals surface area contributed by atoms with Crippen molar-refractivity contribution in [3.63, 3.8) is 0 Å². The van der Waals surface area contributed by atoms with Gasteiger partial charge in [-0.2, -0.15) is 4.99 Å². The van der Waals surface area contributed by atoms with Gasteiger partial charge >= 0.3 is 12.2 Å². The average molecular weight is 619 g/mol. The Morgan fingerprint density at radius 2 is 1.64 bits per heavy atom. The van der Waals surface area contributed by atoms with Crippen LogP contribution in [0.4, 0.5) is 20.4 Å². The molecular weight excluding hydrogens is 588 g/mol. The fourth-order valence-corrected chi connectivity index (χ4v) is 5.19. The second kappa shape index (κ2) is 15.2. The molecule has 6 N–H and O–H groups in total. The number of benzene rings is 2. The van der Waals surface area contributed by atoms with E-state index in [9.17, 15) is 22.8 Å². The lowest BCUT2D eigenvalue weighted by molar-refractivity contribution is -0.114. The molecule has 14 nitrogen and oxygen atoms in total. The van der Waals surface area contributed by atoms with Gasteiger partial charge < -0.3 is 31.5 Å². The fraction of sp³-hybridized carbons (Fsp3) is 0.231. The van der Waals surface area contributed by atoms with E-state index in [1.54, 1.807) is 19.2 Å². The lowest BCUT2D eigenvalue weighted by Gasteiger charge is -2.17. The van der Waals surface area contributed by atoms with Gasteiger partial charge in [0.15, 0.2) is 15.0 Å². The maximum absolute atomic E-state index is 13.0. The van der Waals surface area contributed by atoms with Crippen LogP contribution in [0.25, 0.3) is 0 Å². The number of carbonyl (C=O) groups is 4. The standard InChI is InChI=1S/C25H27N5O6S2.CH3NO2/c1-16(31)28-24-29-21(13-6-17-4-9-19(10-5-17)26-15-27-25(33)34)22(37-24)14-30(2)23(32)18-7-11-20(12-8-18)38(3,35)36;2-1(3)4/h4-5,7-12,15H,6,13-14H2,1-3H3,(H,26,27)(H,33,34)(H,28,29,31);2H2,(H,3,4). The van der Waals surface area contributed by atoms with Crippen LogP contribution in [-0.4, -0.2) is 72.2 Å². The van der Waals surface area contributed by atoms with Gasteiger partial charge in [-0.05, 0) is 54.8 Å². The highest BCUT2D eigenvalue weighted by Crippen LogP contribution is 2.26. The van der Waals surface area contributed by atoms with Crippen LogP contribution in [0, 0.1) is 0 Å². The highest BCUT2D eigenvalue weighted by atomic mass is 32.2. The summed E-state index contributed by atoms with van der Waals surface area (Å²) in [6.45, 7) is 1.65. The lowest BCUT2D eigenvalue weighted by atomic mass is 10.1. The lowest BCUT2D eigenvalue weighted by Crippen LogP contribution is -2.26. The van der Waals surface area contributed by atoms with Gasteiger partial charge in [-0.15, -0.1) is 0 Å². The van der Waals surface area contributed by atoms with Crippen molar-refractivity contribution >= 4 is 62.3 Å². The number of rotatable bonds is 10. The van der Waals surface area contributed by atoms with Crippen LogP contribution >= 0.6 is 11.3 Å². The molecule has 4 amide bonds. The summed E-state index contributed by atoms with van der Waals surface area (Å²) in [7, 11) is -1.72. The molecule has 2 aromatic carbocycles. The normalized spacial score (nSPS) is 10.8. The van der Waals surface area contributed by atoms with Gasteiger partial charge in [0.05, 0.1) is 23.5 Å². The average Bonchev–Trinajstić information content (AvgIpc) is 3.26. The second-order valence-corrected chi connectivity index (χ2v) is 11.8. The molecule has 0 atom stereocenters. The number of carboxylic acid groups (broad SMARTS) is 2. The van der Waals surface area contributed by atoms with Crippen LogP contribution in [0.1, 0.15) is 33.4 Å². The molecule has 0 spiro atoms. The zero-order valence-electron chi connectivity index (χ0n) is 22.9. The largest absolute Gasteiger partial charge is 0.465 e. The zero-order chi connectivity index (χ0) is 31.4. The molecular formula is C26H30N6O8S2. The molecule has 0 aliphatic heterocycles. The first-order chi connectivity index (χ1) is 19.6. The number of aromatic nitrogens is 1. The van der Waals surface area contributed by atoms with Gasteiger partial charge in [0.1, 0.15) is 0 Å². The first-order valence-electron chi connectivity index (χ1n) is 12.1. The topological polar surface area (TPSA) is 221 Å². The van der Waals surface area contributed by atoms with Gasteiger partial charge in [0.25, 0.3) is 5.91 Å². The van der Waals surface area contributed by atoms with E-state index in [1.807, 2.05) is 12.1 Å². The Hall–Kier alpha value is -4.83. The van der Waals surface area contributed by atoms with Crippen molar-refractivity contribution in [1.82, 2.24) is 9.88 Å². The van der Waals surface area contributed by atoms with Crippen LogP contribution in [0.3, 0.4) is 0 Å². The molecule has 0 radical (unpaired) electrons. The third-order valence-electron chi connectivity index (χ3n) is 5.33. The van der Waals surface area contributed by atoms with Gasteiger partial charge in [-0.1, -0.05) is 23.5 Å². The van der Waals surface area contributed by atoms with Crippen LogP contribution in [0.5, 0.6) is 0 Å². The molecule has 1 heterocycles. The first kappa shape index (κ1) is 33.4. The second-order valence-electron chi connectivity index (χ2n) is 8.75. The molecule has 224 valence electrons. The molecule has 0 saturated heterocycles. The van der Waals surface area contributed by atoms with Crippen molar-refractivity contribution in [2.75, 3.05) is 23.9 Å². The number of hydrogen-bond acceptors (Lipinski definition) is 8. The van der Waals surface area contributed by atoms with Crippen LogP contribution < -0.4 is 16.4 Å². The Balaban J connectivity index is 0.00000144. The van der Waals surface area contributed by atoms with Crippen LogP contribution in [-0.2, 0) is 34.0 Å². The predicted molar refractivity (Wildman–Crippen MR) is 158 cm³/mol. The Morgan fingerprint density at radius 1 is 1.05 bits per heavy atom. The summed E-state index contributed by atoms with van der Waals surface area (Å²) in [4.78, 5) is 54.0. The fourth-order valence-electron chi connectivity index (χ4n) is 3.45. The zero-order valence-corrected chi connectivity index (χ0v) is 24.5. The summed E-state index contributed by atoms with van der Waals surface area (Å²) in [5, 5.41) is 21.7. The van der Waals surface area contributed by atoms with E-state index in [0.29, 0.717) is 29.2 Å². The molecule has 0 aliphatic carbocycles.